The smallest absolute Gasteiger partial charge is 0.0726 e. The molecule has 0 radical (unpaired) electrons. The molecule has 0 heterocycles. The number of ether oxygens (including phenoxy) is 1. The van der Waals surface area contributed by atoms with E-state index in [1.807, 2.05) is 7.11 Å². The van der Waals surface area contributed by atoms with Crippen molar-refractivity contribution in [3.05, 3.63) is 0 Å². The second-order valence-electron chi connectivity index (χ2n) is 3.24. The zero-order chi connectivity index (χ0) is 7.56. The molecule has 1 rings (SSSR count). The highest BCUT2D eigenvalue weighted by Crippen LogP contribution is 2.24. The van der Waals surface area contributed by atoms with E-state index in [4.69, 9.17) is 4.74 Å². The van der Waals surface area contributed by atoms with Crippen molar-refractivity contribution in [1.29, 1.82) is 0 Å². The molecule has 2 nitrogen and oxygen atoms in total. The Kier molecular flexibility index (Phi) is 2.69. The normalized spacial score (nSPS) is 33.6. The monoisotopic (exact) mass is 143 g/mol. The second-order valence-corrected chi connectivity index (χ2v) is 3.24. The highest BCUT2D eigenvalue weighted by atomic mass is 16.5. The molecule has 1 aliphatic carbocycles. The number of likely N-dealkylation sites (N-methyl/N-ethyl adjacent to an activating group) is 1. The first-order chi connectivity index (χ1) is 4.75. The van der Waals surface area contributed by atoms with Crippen LogP contribution >= 0.6 is 0 Å². The summed E-state index contributed by atoms with van der Waals surface area (Å²) in [5.74, 6) is 0. The lowest BCUT2D eigenvalue weighted by molar-refractivity contribution is 0.0520. The van der Waals surface area contributed by atoms with Crippen LogP contribution in [0.25, 0.3) is 0 Å². The molecule has 1 fully saturated rings. The molecule has 0 aromatic heterocycles. The largest absolute Gasteiger partial charge is 0.380 e. The fourth-order valence-electron chi connectivity index (χ4n) is 1.77. The highest BCUT2D eigenvalue weighted by molar-refractivity contribution is 4.83. The van der Waals surface area contributed by atoms with E-state index in [2.05, 4.69) is 19.0 Å². The summed E-state index contributed by atoms with van der Waals surface area (Å²) in [6, 6.07) is 0.657. The maximum Gasteiger partial charge on any atom is 0.0726 e. The van der Waals surface area contributed by atoms with E-state index < -0.39 is 0 Å². The SMILES string of the molecule is COC1CCCC1N(C)C. The highest BCUT2D eigenvalue weighted by Gasteiger charge is 2.28. The number of hydrogen-bond donors (Lipinski definition) is 0. The minimum atomic E-state index is 0.481. The van der Waals surface area contributed by atoms with Gasteiger partial charge in [-0.3, -0.25) is 0 Å². The lowest BCUT2D eigenvalue weighted by atomic mass is 10.2. The van der Waals surface area contributed by atoms with Crippen molar-refractivity contribution in [2.24, 2.45) is 0 Å². The maximum absolute atomic E-state index is 5.34. The predicted octanol–water partition coefficient (Wildman–Crippen LogP) is 1.12. The van der Waals surface area contributed by atoms with Crippen LogP contribution in [-0.4, -0.2) is 38.3 Å². The molecule has 0 saturated heterocycles. The summed E-state index contributed by atoms with van der Waals surface area (Å²) in [5.41, 5.74) is 0. The van der Waals surface area contributed by atoms with Crippen LogP contribution in [0.4, 0.5) is 0 Å². The first-order valence-electron chi connectivity index (χ1n) is 3.95. The van der Waals surface area contributed by atoms with Gasteiger partial charge in [-0.25, -0.2) is 0 Å². The van der Waals surface area contributed by atoms with Crippen LogP contribution in [0.15, 0.2) is 0 Å². The van der Waals surface area contributed by atoms with E-state index in [0.717, 1.165) is 0 Å². The van der Waals surface area contributed by atoms with Crippen molar-refractivity contribution in [3.63, 3.8) is 0 Å². The van der Waals surface area contributed by atoms with Crippen LogP contribution in [0.3, 0.4) is 0 Å². The van der Waals surface area contributed by atoms with Gasteiger partial charge in [-0.2, -0.15) is 0 Å². The van der Waals surface area contributed by atoms with Gasteiger partial charge in [0.1, 0.15) is 0 Å². The van der Waals surface area contributed by atoms with Crippen LogP contribution < -0.4 is 0 Å². The molecule has 2 unspecified atom stereocenters. The van der Waals surface area contributed by atoms with Gasteiger partial charge in [-0.1, -0.05) is 0 Å². The zero-order valence-corrected chi connectivity index (χ0v) is 7.13. The number of nitrogens with zero attached hydrogens (tertiary/aromatic N) is 1. The molecular formula is C8H17NO. The van der Waals surface area contributed by atoms with E-state index in [1.54, 1.807) is 0 Å². The third-order valence-corrected chi connectivity index (χ3v) is 2.38. The van der Waals surface area contributed by atoms with Crippen molar-refractivity contribution in [3.8, 4) is 0 Å². The van der Waals surface area contributed by atoms with Gasteiger partial charge >= 0.3 is 0 Å². The van der Waals surface area contributed by atoms with E-state index >= 15 is 0 Å². The Bertz CT molecular complexity index is 103. The lowest BCUT2D eigenvalue weighted by Crippen LogP contribution is -2.35. The fraction of sp³-hybridized carbons (Fsp3) is 1.00. The van der Waals surface area contributed by atoms with Crippen LogP contribution in [0.2, 0.25) is 0 Å². The molecule has 0 aliphatic heterocycles. The standard InChI is InChI=1S/C8H17NO/c1-9(2)7-5-4-6-8(7)10-3/h7-8H,4-6H2,1-3H3. The fourth-order valence-corrected chi connectivity index (χ4v) is 1.77. The van der Waals surface area contributed by atoms with Gasteiger partial charge in [0.15, 0.2) is 0 Å². The predicted molar refractivity (Wildman–Crippen MR) is 42.1 cm³/mol. The van der Waals surface area contributed by atoms with Crippen LogP contribution in [0, 0.1) is 0 Å². The van der Waals surface area contributed by atoms with Crippen molar-refractivity contribution >= 4 is 0 Å². The number of hydrogen-bond acceptors (Lipinski definition) is 2. The molecule has 2 atom stereocenters. The Morgan fingerprint density at radius 3 is 2.40 bits per heavy atom. The van der Waals surface area contributed by atoms with Gasteiger partial charge in [0.25, 0.3) is 0 Å². The first-order valence-corrected chi connectivity index (χ1v) is 3.95. The Labute approximate surface area is 63.2 Å². The zero-order valence-electron chi connectivity index (χ0n) is 7.13. The maximum atomic E-state index is 5.34. The molecule has 0 bridgehead atoms. The third-order valence-electron chi connectivity index (χ3n) is 2.38. The summed E-state index contributed by atoms with van der Waals surface area (Å²) in [4.78, 5) is 2.27. The van der Waals surface area contributed by atoms with E-state index in [-0.39, 0.29) is 0 Å². The molecule has 0 aromatic carbocycles. The molecular weight excluding hydrogens is 126 g/mol. The van der Waals surface area contributed by atoms with Gasteiger partial charge in [-0.15, -0.1) is 0 Å². The topological polar surface area (TPSA) is 12.5 Å². The second kappa shape index (κ2) is 3.35. The summed E-state index contributed by atoms with van der Waals surface area (Å²) in [5, 5.41) is 0. The molecule has 0 N–H and O–H groups in total. The summed E-state index contributed by atoms with van der Waals surface area (Å²) in [6.45, 7) is 0. The Balaban J connectivity index is 2.42. The molecule has 0 amide bonds. The molecule has 1 saturated carbocycles. The molecule has 10 heavy (non-hydrogen) atoms. The van der Waals surface area contributed by atoms with Crippen molar-refractivity contribution in [2.75, 3.05) is 21.2 Å². The van der Waals surface area contributed by atoms with Gasteiger partial charge in [0, 0.05) is 13.2 Å². The molecule has 2 heteroatoms. The quantitative estimate of drug-likeness (QED) is 0.574. The molecule has 0 aromatic rings. The number of methoxy groups -OCH3 is 1. The Hall–Kier alpha value is -0.0800. The third kappa shape index (κ3) is 1.50. The van der Waals surface area contributed by atoms with Gasteiger partial charge < -0.3 is 9.64 Å². The minimum Gasteiger partial charge on any atom is -0.380 e. The van der Waals surface area contributed by atoms with Crippen LogP contribution in [-0.2, 0) is 4.74 Å². The van der Waals surface area contributed by atoms with E-state index in [9.17, 15) is 0 Å². The summed E-state index contributed by atoms with van der Waals surface area (Å²) in [7, 11) is 6.07. The Morgan fingerprint density at radius 2 is 2.00 bits per heavy atom. The molecule has 60 valence electrons. The average Bonchev–Trinajstić information content (AvgIpc) is 2.33. The first kappa shape index (κ1) is 8.02. The van der Waals surface area contributed by atoms with Crippen molar-refractivity contribution in [2.45, 2.75) is 31.4 Å². The van der Waals surface area contributed by atoms with Crippen LogP contribution in [0.1, 0.15) is 19.3 Å². The van der Waals surface area contributed by atoms with E-state index in [1.165, 1.54) is 19.3 Å². The van der Waals surface area contributed by atoms with Gasteiger partial charge in [0.2, 0.25) is 0 Å². The number of rotatable bonds is 2. The van der Waals surface area contributed by atoms with Crippen LogP contribution in [0.5, 0.6) is 0 Å². The molecule has 0 spiro atoms. The van der Waals surface area contributed by atoms with E-state index in [0.29, 0.717) is 12.1 Å². The van der Waals surface area contributed by atoms with Crippen molar-refractivity contribution in [1.82, 2.24) is 4.90 Å². The van der Waals surface area contributed by atoms with Gasteiger partial charge in [0.05, 0.1) is 6.10 Å². The minimum absolute atomic E-state index is 0.481. The van der Waals surface area contributed by atoms with Crippen molar-refractivity contribution < 1.29 is 4.74 Å². The summed E-state index contributed by atoms with van der Waals surface area (Å²) in [6.07, 6.45) is 4.33. The summed E-state index contributed by atoms with van der Waals surface area (Å²) >= 11 is 0. The lowest BCUT2D eigenvalue weighted by Gasteiger charge is -2.24. The Morgan fingerprint density at radius 1 is 1.30 bits per heavy atom. The van der Waals surface area contributed by atoms with Gasteiger partial charge in [-0.05, 0) is 33.4 Å². The molecule has 1 aliphatic rings. The summed E-state index contributed by atoms with van der Waals surface area (Å²) < 4.78 is 5.34. The average molecular weight is 143 g/mol.